The van der Waals surface area contributed by atoms with E-state index in [2.05, 4.69) is 31.3 Å². The van der Waals surface area contributed by atoms with Crippen molar-refractivity contribution in [3.8, 4) is 0 Å². The van der Waals surface area contributed by atoms with Crippen LogP contribution in [-0.4, -0.2) is 92.4 Å². The number of aliphatic hydroxyl groups is 6. The quantitative estimate of drug-likeness (QED) is 0.0235. The Balaban J connectivity index is 4.46. The molecule has 0 rings (SSSR count). The second-order valence-corrected chi connectivity index (χ2v) is 19.2. The minimum absolute atomic E-state index is 0.238. The molecule has 0 aliphatic carbocycles. The molecule has 9 nitrogen and oxygen atoms in total. The number of amides is 1. The number of aliphatic hydroxyl groups excluding tert-OH is 6. The molecule has 0 spiro atoms. The maximum Gasteiger partial charge on any atom is 0.220 e. The van der Waals surface area contributed by atoms with Gasteiger partial charge >= 0.3 is 0 Å². The van der Waals surface area contributed by atoms with Crippen LogP contribution >= 0.6 is 0 Å². The van der Waals surface area contributed by atoms with Gasteiger partial charge in [-0.3, -0.25) is 4.79 Å². The number of carbonyl (C=O) groups is 1. The number of hydrogen-bond donors (Lipinski definition) is 7. The van der Waals surface area contributed by atoms with Gasteiger partial charge in [0.2, 0.25) is 5.91 Å². The molecule has 3 unspecified atom stereocenters. The third kappa shape index (κ3) is 39.8. The second kappa shape index (κ2) is 48.1. The second-order valence-electron chi connectivity index (χ2n) is 19.2. The molecule has 0 radical (unpaired) electrons. The maximum atomic E-state index is 13.1. The van der Waals surface area contributed by atoms with Gasteiger partial charge in [0.1, 0.15) is 24.4 Å². The van der Waals surface area contributed by atoms with Gasteiger partial charge in [0, 0.05) is 6.42 Å². The van der Waals surface area contributed by atoms with Gasteiger partial charge in [0.25, 0.3) is 0 Å². The largest absolute Gasteiger partial charge is 0.394 e. The first-order valence-corrected chi connectivity index (χ1v) is 27.4. The fourth-order valence-corrected chi connectivity index (χ4v) is 8.52. The maximum absolute atomic E-state index is 13.1. The molecule has 7 atom stereocenters. The molecule has 0 saturated heterocycles. The SMILES string of the molecule is CCCCCCCCCCCCCCCCCC/C=C/CCCCCCCCC(=O)N[C@@H](/C=C/[C@@H](OC(CO)C(C)O)C(O)CO)[C@H](O)[C@H](O)CCCCCCCCCCCCCC. The Labute approximate surface area is 395 Å². The normalized spacial score (nSPS) is 15.5. The Hall–Kier alpha value is -1.33. The number of rotatable bonds is 50. The number of carbonyl (C=O) groups excluding carboxylic acids is 1. The molecule has 380 valence electrons. The zero-order chi connectivity index (χ0) is 47.1. The van der Waals surface area contributed by atoms with Crippen LogP contribution in [0.5, 0.6) is 0 Å². The summed E-state index contributed by atoms with van der Waals surface area (Å²) in [5, 5.41) is 64.8. The third-order valence-electron chi connectivity index (χ3n) is 13.0. The van der Waals surface area contributed by atoms with Crippen LogP contribution in [0.3, 0.4) is 0 Å². The third-order valence-corrected chi connectivity index (χ3v) is 13.0. The van der Waals surface area contributed by atoms with Crippen LogP contribution in [0, 0.1) is 0 Å². The molecule has 0 bridgehead atoms. The van der Waals surface area contributed by atoms with Crippen LogP contribution < -0.4 is 5.32 Å². The molecular formula is C55H107NO8. The van der Waals surface area contributed by atoms with Gasteiger partial charge in [0.15, 0.2) is 0 Å². The van der Waals surface area contributed by atoms with Crippen molar-refractivity contribution in [1.82, 2.24) is 5.32 Å². The van der Waals surface area contributed by atoms with Crippen molar-refractivity contribution >= 4 is 5.91 Å². The van der Waals surface area contributed by atoms with E-state index >= 15 is 0 Å². The van der Waals surface area contributed by atoms with Crippen LogP contribution in [-0.2, 0) is 9.53 Å². The zero-order valence-electron chi connectivity index (χ0n) is 42.1. The first-order valence-electron chi connectivity index (χ1n) is 27.4. The van der Waals surface area contributed by atoms with Crippen molar-refractivity contribution in [1.29, 1.82) is 0 Å². The molecule has 0 aromatic rings. The lowest BCUT2D eigenvalue weighted by molar-refractivity contribution is -0.123. The standard InChI is InChI=1S/C55H107NO8/c1-4-6-8-10-12-14-16-18-19-20-21-22-23-24-25-26-27-28-29-30-31-33-35-37-39-41-43-54(62)56-49(44-45-52(51(61)46-57)64-53(47-58)48(3)59)55(63)50(60)42-40-38-36-34-32-17-15-13-11-9-7-5-2/h28-29,44-45,48-53,55,57-61,63H,4-27,30-43,46-47H2,1-3H3,(H,56,62)/b29-28+,45-44+/t48?,49-,50+,51?,52+,53?,55-/m0/s1. The smallest absolute Gasteiger partial charge is 0.220 e. The monoisotopic (exact) mass is 910 g/mol. The minimum Gasteiger partial charge on any atom is -0.394 e. The van der Waals surface area contributed by atoms with E-state index in [9.17, 15) is 35.4 Å². The fraction of sp³-hybridized carbons (Fsp3) is 0.909. The van der Waals surface area contributed by atoms with Gasteiger partial charge in [0.05, 0.1) is 31.5 Å². The highest BCUT2D eigenvalue weighted by atomic mass is 16.5. The van der Waals surface area contributed by atoms with Gasteiger partial charge in [-0.05, 0) is 45.4 Å². The lowest BCUT2D eigenvalue weighted by atomic mass is 9.97. The Morgan fingerprint density at radius 3 is 1.23 bits per heavy atom. The molecule has 7 N–H and O–H groups in total. The summed E-state index contributed by atoms with van der Waals surface area (Å²) in [6.07, 6.45) is 46.8. The molecule has 0 aliphatic rings. The van der Waals surface area contributed by atoms with Crippen molar-refractivity contribution < 1.29 is 40.2 Å². The van der Waals surface area contributed by atoms with Crippen molar-refractivity contribution in [2.75, 3.05) is 13.2 Å². The van der Waals surface area contributed by atoms with Crippen LogP contribution in [0.2, 0.25) is 0 Å². The molecule has 1 amide bonds. The Kier molecular flexibility index (Phi) is 47.1. The summed E-state index contributed by atoms with van der Waals surface area (Å²) in [5.74, 6) is -0.238. The Morgan fingerprint density at radius 1 is 0.484 bits per heavy atom. The van der Waals surface area contributed by atoms with E-state index in [0.29, 0.717) is 12.8 Å². The number of ether oxygens (including phenoxy) is 1. The van der Waals surface area contributed by atoms with Crippen LogP contribution in [0.4, 0.5) is 0 Å². The number of hydrogen-bond acceptors (Lipinski definition) is 8. The summed E-state index contributed by atoms with van der Waals surface area (Å²) in [6, 6.07) is -0.965. The van der Waals surface area contributed by atoms with E-state index < -0.39 is 55.9 Å². The molecular weight excluding hydrogens is 803 g/mol. The summed E-state index contributed by atoms with van der Waals surface area (Å²) >= 11 is 0. The van der Waals surface area contributed by atoms with Gasteiger partial charge in [-0.15, -0.1) is 0 Å². The number of unbranched alkanes of at least 4 members (excludes halogenated alkanes) is 33. The first-order chi connectivity index (χ1) is 31.2. The van der Waals surface area contributed by atoms with Gasteiger partial charge < -0.3 is 40.7 Å². The Morgan fingerprint density at radius 2 is 0.859 bits per heavy atom. The summed E-state index contributed by atoms with van der Waals surface area (Å²) in [4.78, 5) is 13.1. The summed E-state index contributed by atoms with van der Waals surface area (Å²) < 4.78 is 5.69. The highest BCUT2D eigenvalue weighted by molar-refractivity contribution is 5.76. The molecule has 0 saturated carbocycles. The predicted octanol–water partition coefficient (Wildman–Crippen LogP) is 12.6. The number of allylic oxidation sites excluding steroid dienone is 2. The van der Waals surface area contributed by atoms with Gasteiger partial charge in [-0.1, -0.05) is 237 Å². The molecule has 0 heterocycles. The van der Waals surface area contributed by atoms with Crippen LogP contribution in [0.1, 0.15) is 265 Å². The van der Waals surface area contributed by atoms with E-state index in [4.69, 9.17) is 4.74 Å². The highest BCUT2D eigenvalue weighted by Gasteiger charge is 2.28. The molecule has 0 aromatic heterocycles. The topological polar surface area (TPSA) is 160 Å². The molecule has 0 aromatic carbocycles. The predicted molar refractivity (Wildman–Crippen MR) is 270 cm³/mol. The highest BCUT2D eigenvalue weighted by Crippen LogP contribution is 2.18. The summed E-state index contributed by atoms with van der Waals surface area (Å²) in [7, 11) is 0. The van der Waals surface area contributed by atoms with E-state index in [0.717, 1.165) is 51.4 Å². The molecule has 64 heavy (non-hydrogen) atoms. The lowest BCUT2D eigenvalue weighted by Crippen LogP contribution is -2.48. The van der Waals surface area contributed by atoms with Gasteiger partial charge in [-0.2, -0.15) is 0 Å². The average molecular weight is 910 g/mol. The summed E-state index contributed by atoms with van der Waals surface area (Å²) in [6.45, 7) is 4.84. The van der Waals surface area contributed by atoms with E-state index in [1.807, 2.05) is 0 Å². The first kappa shape index (κ1) is 62.7. The van der Waals surface area contributed by atoms with Crippen molar-refractivity contribution in [2.45, 2.75) is 307 Å². The minimum atomic E-state index is -1.37. The molecule has 9 heteroatoms. The molecule has 0 fully saturated rings. The lowest BCUT2D eigenvalue weighted by Gasteiger charge is -2.28. The van der Waals surface area contributed by atoms with Crippen LogP contribution in [0.15, 0.2) is 24.3 Å². The van der Waals surface area contributed by atoms with E-state index in [-0.39, 0.29) is 5.91 Å². The van der Waals surface area contributed by atoms with E-state index in [1.54, 1.807) is 0 Å². The van der Waals surface area contributed by atoms with Crippen LogP contribution in [0.25, 0.3) is 0 Å². The fourth-order valence-electron chi connectivity index (χ4n) is 8.52. The van der Waals surface area contributed by atoms with Crippen molar-refractivity contribution in [3.05, 3.63) is 24.3 Å². The van der Waals surface area contributed by atoms with Crippen molar-refractivity contribution in [3.63, 3.8) is 0 Å². The Bertz CT molecular complexity index is 1020. The summed E-state index contributed by atoms with van der Waals surface area (Å²) in [5.41, 5.74) is 0. The molecule has 0 aliphatic heterocycles. The number of nitrogens with one attached hydrogen (secondary N) is 1. The van der Waals surface area contributed by atoms with Crippen molar-refractivity contribution in [2.24, 2.45) is 0 Å². The zero-order valence-corrected chi connectivity index (χ0v) is 42.1. The average Bonchev–Trinajstić information content (AvgIpc) is 3.29. The van der Waals surface area contributed by atoms with Gasteiger partial charge in [-0.25, -0.2) is 0 Å². The van der Waals surface area contributed by atoms with E-state index in [1.165, 1.54) is 199 Å².